The highest BCUT2D eigenvalue weighted by atomic mass is 19.4. The summed E-state index contributed by atoms with van der Waals surface area (Å²) in [5, 5.41) is 4.15. The molecule has 0 spiro atoms. The van der Waals surface area contributed by atoms with Crippen LogP contribution < -0.4 is 0 Å². The number of carbonyl (C=O) groups is 1. The summed E-state index contributed by atoms with van der Waals surface area (Å²) < 4.78 is 55.4. The van der Waals surface area contributed by atoms with Gasteiger partial charge in [0.1, 0.15) is 5.83 Å². The average Bonchev–Trinajstić information content (AvgIpc) is 3.38. The van der Waals surface area contributed by atoms with E-state index in [9.17, 15) is 22.4 Å². The number of nitrogens with zero attached hydrogens (tertiary/aromatic N) is 5. The number of amides is 1. The zero-order valence-electron chi connectivity index (χ0n) is 15.8. The van der Waals surface area contributed by atoms with E-state index in [2.05, 4.69) is 15.1 Å². The fourth-order valence-corrected chi connectivity index (χ4v) is 5.22. The third-order valence-corrected chi connectivity index (χ3v) is 6.53. The Morgan fingerprint density at radius 2 is 1.87 bits per heavy atom. The maximum atomic E-state index is 13.7. The molecular formula is C20H19F4N5O. The molecule has 158 valence electrons. The van der Waals surface area contributed by atoms with Crippen LogP contribution in [0.1, 0.15) is 23.5 Å². The van der Waals surface area contributed by atoms with Crippen LogP contribution in [-0.2, 0) is 0 Å². The zero-order chi connectivity index (χ0) is 21.0. The summed E-state index contributed by atoms with van der Waals surface area (Å²) in [6.07, 6.45) is 2.87. The van der Waals surface area contributed by atoms with E-state index in [1.165, 1.54) is 4.52 Å². The average molecular weight is 421 g/mol. The molecular weight excluding hydrogens is 402 g/mol. The summed E-state index contributed by atoms with van der Waals surface area (Å²) in [6.45, 7) is 0.906. The van der Waals surface area contributed by atoms with Crippen LogP contribution in [0, 0.1) is 29.6 Å². The van der Waals surface area contributed by atoms with E-state index in [4.69, 9.17) is 0 Å². The van der Waals surface area contributed by atoms with E-state index in [0.29, 0.717) is 31.7 Å². The normalized spacial score (nSPS) is 31.3. The number of hydrogen-bond donors (Lipinski definition) is 0. The SMILES string of the molecule is O=C(c1nc2ncccn2n1)N1C[C@H]2C[C@@H](C3C=C(F)C=CC3C(F)(F)F)C[C@H]2C1. The molecule has 1 saturated carbocycles. The Morgan fingerprint density at radius 1 is 1.13 bits per heavy atom. The first-order valence-electron chi connectivity index (χ1n) is 9.88. The molecule has 0 aromatic carbocycles. The molecule has 5 atom stereocenters. The number of hydrogen-bond acceptors (Lipinski definition) is 4. The van der Waals surface area contributed by atoms with Crippen molar-refractivity contribution in [3.63, 3.8) is 0 Å². The molecule has 2 unspecified atom stereocenters. The van der Waals surface area contributed by atoms with E-state index in [0.717, 1.165) is 18.2 Å². The van der Waals surface area contributed by atoms with Crippen LogP contribution in [0.4, 0.5) is 17.6 Å². The first-order valence-corrected chi connectivity index (χ1v) is 9.88. The molecule has 0 N–H and O–H groups in total. The lowest BCUT2D eigenvalue weighted by Gasteiger charge is -2.32. The summed E-state index contributed by atoms with van der Waals surface area (Å²) in [4.78, 5) is 22.7. The Balaban J connectivity index is 1.28. The first kappa shape index (κ1) is 19.2. The molecule has 30 heavy (non-hydrogen) atoms. The molecule has 5 rings (SSSR count). The van der Waals surface area contributed by atoms with E-state index in [1.54, 1.807) is 23.4 Å². The third-order valence-electron chi connectivity index (χ3n) is 6.53. The molecule has 2 aromatic heterocycles. The molecule has 1 aliphatic heterocycles. The summed E-state index contributed by atoms with van der Waals surface area (Å²) in [7, 11) is 0. The molecule has 1 saturated heterocycles. The minimum atomic E-state index is -4.40. The second-order valence-electron chi connectivity index (χ2n) is 8.32. The van der Waals surface area contributed by atoms with Gasteiger partial charge in [-0.3, -0.25) is 4.79 Å². The molecule has 3 heterocycles. The van der Waals surface area contributed by atoms with Gasteiger partial charge >= 0.3 is 6.18 Å². The van der Waals surface area contributed by atoms with Gasteiger partial charge < -0.3 is 4.90 Å². The molecule has 10 heteroatoms. The minimum Gasteiger partial charge on any atom is -0.335 e. The molecule has 3 aliphatic rings. The number of halogens is 4. The summed E-state index contributed by atoms with van der Waals surface area (Å²) in [6, 6.07) is 1.68. The van der Waals surface area contributed by atoms with Crippen LogP contribution >= 0.6 is 0 Å². The number of likely N-dealkylation sites (tertiary alicyclic amines) is 1. The molecule has 2 fully saturated rings. The van der Waals surface area contributed by atoms with Crippen molar-refractivity contribution < 1.29 is 22.4 Å². The van der Waals surface area contributed by atoms with Gasteiger partial charge in [-0.1, -0.05) is 6.08 Å². The summed E-state index contributed by atoms with van der Waals surface area (Å²) >= 11 is 0. The molecule has 2 aliphatic carbocycles. The number of alkyl halides is 3. The van der Waals surface area contributed by atoms with Crippen molar-refractivity contribution in [1.29, 1.82) is 0 Å². The quantitative estimate of drug-likeness (QED) is 0.697. The van der Waals surface area contributed by atoms with Gasteiger partial charge in [-0.2, -0.15) is 18.2 Å². The molecule has 0 radical (unpaired) electrons. The predicted octanol–water partition coefficient (Wildman–Crippen LogP) is 3.44. The van der Waals surface area contributed by atoms with Crippen molar-refractivity contribution >= 4 is 11.7 Å². The fraction of sp³-hybridized carbons (Fsp3) is 0.500. The minimum absolute atomic E-state index is 0.0600. The Labute approximate surface area is 169 Å². The number of carbonyl (C=O) groups excluding carboxylic acids is 1. The summed E-state index contributed by atoms with van der Waals surface area (Å²) in [5.41, 5.74) is 0. The van der Waals surface area contributed by atoms with E-state index >= 15 is 0 Å². The number of aromatic nitrogens is 4. The van der Waals surface area contributed by atoms with Gasteiger partial charge in [-0.15, -0.1) is 5.10 Å². The van der Waals surface area contributed by atoms with Crippen molar-refractivity contribution in [2.24, 2.45) is 29.6 Å². The van der Waals surface area contributed by atoms with E-state index in [-0.39, 0.29) is 29.5 Å². The first-order chi connectivity index (χ1) is 14.3. The van der Waals surface area contributed by atoms with Gasteiger partial charge in [0.25, 0.3) is 11.7 Å². The van der Waals surface area contributed by atoms with Crippen LogP contribution in [0.5, 0.6) is 0 Å². The Bertz CT molecular complexity index is 998. The molecule has 6 nitrogen and oxygen atoms in total. The Morgan fingerprint density at radius 3 is 2.53 bits per heavy atom. The van der Waals surface area contributed by atoms with Gasteiger partial charge in [0.2, 0.25) is 5.82 Å². The molecule has 2 aromatic rings. The van der Waals surface area contributed by atoms with Crippen molar-refractivity contribution in [3.8, 4) is 0 Å². The monoisotopic (exact) mass is 421 g/mol. The highest BCUT2D eigenvalue weighted by molar-refractivity contribution is 5.91. The Hall–Kier alpha value is -2.78. The van der Waals surface area contributed by atoms with E-state index < -0.39 is 23.8 Å². The van der Waals surface area contributed by atoms with Crippen LogP contribution in [0.3, 0.4) is 0 Å². The Kier molecular flexibility index (Phi) is 4.41. The van der Waals surface area contributed by atoms with Gasteiger partial charge in [0.05, 0.1) is 5.92 Å². The topological polar surface area (TPSA) is 63.4 Å². The second-order valence-corrected chi connectivity index (χ2v) is 8.32. The van der Waals surface area contributed by atoms with Crippen LogP contribution in [-0.4, -0.2) is 49.7 Å². The van der Waals surface area contributed by atoms with Gasteiger partial charge in [-0.05, 0) is 54.7 Å². The lowest BCUT2D eigenvalue weighted by molar-refractivity contribution is -0.174. The summed E-state index contributed by atoms with van der Waals surface area (Å²) in [5.74, 6) is -3.12. The number of allylic oxidation sites excluding steroid dienone is 4. The van der Waals surface area contributed by atoms with Crippen molar-refractivity contribution in [1.82, 2.24) is 24.5 Å². The van der Waals surface area contributed by atoms with Gasteiger partial charge in [0.15, 0.2) is 0 Å². The molecule has 0 bridgehead atoms. The number of fused-ring (bicyclic) bond motifs is 2. The maximum absolute atomic E-state index is 13.7. The van der Waals surface area contributed by atoms with Crippen molar-refractivity contribution in [2.45, 2.75) is 19.0 Å². The molecule has 1 amide bonds. The van der Waals surface area contributed by atoms with Gasteiger partial charge in [-0.25, -0.2) is 13.9 Å². The smallest absolute Gasteiger partial charge is 0.335 e. The fourth-order valence-electron chi connectivity index (χ4n) is 5.22. The second kappa shape index (κ2) is 6.88. The van der Waals surface area contributed by atoms with Crippen LogP contribution in [0.25, 0.3) is 5.78 Å². The zero-order valence-corrected chi connectivity index (χ0v) is 15.8. The lowest BCUT2D eigenvalue weighted by atomic mass is 9.77. The lowest BCUT2D eigenvalue weighted by Crippen LogP contribution is -2.35. The number of rotatable bonds is 2. The standard InChI is InChI=1S/C20H19F4N5O/c21-14-2-3-16(20(22,23)24)15(8-14)11-6-12-9-28(10-13(12)7-11)18(30)17-26-19-25-4-1-5-29(19)27-17/h1-5,8,11-13,15-16H,6-7,9-10H2/t11-,12-,13+,15?,16?. The maximum Gasteiger partial charge on any atom is 0.395 e. The van der Waals surface area contributed by atoms with E-state index in [1.807, 2.05) is 0 Å². The third kappa shape index (κ3) is 3.27. The van der Waals surface area contributed by atoms with Gasteiger partial charge in [0, 0.05) is 25.5 Å². The highest BCUT2D eigenvalue weighted by Gasteiger charge is 2.51. The van der Waals surface area contributed by atoms with Crippen LogP contribution in [0.2, 0.25) is 0 Å². The largest absolute Gasteiger partial charge is 0.395 e. The predicted molar refractivity (Wildman–Crippen MR) is 97.8 cm³/mol. The van der Waals surface area contributed by atoms with Crippen LogP contribution in [0.15, 0.2) is 42.5 Å². The highest BCUT2D eigenvalue weighted by Crippen LogP contribution is 2.50. The van der Waals surface area contributed by atoms with Crippen molar-refractivity contribution in [3.05, 3.63) is 48.3 Å². The van der Waals surface area contributed by atoms with Crippen molar-refractivity contribution in [2.75, 3.05) is 13.1 Å².